The Labute approximate surface area is 128 Å². The van der Waals surface area contributed by atoms with Gasteiger partial charge < -0.3 is 4.74 Å². The average molecular weight is 421 g/mol. The molecule has 8 heteroatoms. The van der Waals surface area contributed by atoms with Gasteiger partial charge in [-0.25, -0.2) is 13.1 Å². The molecule has 1 heterocycles. The van der Waals surface area contributed by atoms with Crippen LogP contribution in [-0.2, 0) is 14.8 Å². The van der Waals surface area contributed by atoms with Crippen LogP contribution in [0.25, 0.3) is 0 Å². The lowest BCUT2D eigenvalue weighted by molar-refractivity contribution is 0.173. The van der Waals surface area contributed by atoms with Gasteiger partial charge in [0, 0.05) is 18.5 Å². The number of aryl methyl sites for hydroxylation is 1. The van der Waals surface area contributed by atoms with Gasteiger partial charge in [0.1, 0.15) is 4.21 Å². The SMILES string of the molecule is COCC(CCBr)NS(=O)(=O)c1cc(C)c(Br)s1. The maximum Gasteiger partial charge on any atom is 0.250 e. The molecule has 0 saturated carbocycles. The van der Waals surface area contributed by atoms with E-state index >= 15 is 0 Å². The van der Waals surface area contributed by atoms with Crippen molar-refractivity contribution in [3.05, 3.63) is 15.4 Å². The van der Waals surface area contributed by atoms with Crippen molar-refractivity contribution in [2.24, 2.45) is 0 Å². The minimum absolute atomic E-state index is 0.222. The first-order chi connectivity index (χ1) is 8.40. The first-order valence-corrected chi connectivity index (χ1v) is 9.45. The van der Waals surface area contributed by atoms with Crippen LogP contribution in [0.2, 0.25) is 0 Å². The zero-order valence-electron chi connectivity index (χ0n) is 10.1. The lowest BCUT2D eigenvalue weighted by atomic mass is 10.3. The lowest BCUT2D eigenvalue weighted by Crippen LogP contribution is -2.37. The molecule has 0 aliphatic rings. The Bertz CT molecular complexity index is 462. The van der Waals surface area contributed by atoms with E-state index in [1.807, 2.05) is 6.92 Å². The zero-order valence-corrected chi connectivity index (χ0v) is 14.9. The molecule has 18 heavy (non-hydrogen) atoms. The van der Waals surface area contributed by atoms with Gasteiger partial charge in [-0.2, -0.15) is 0 Å². The third kappa shape index (κ3) is 4.57. The Hall–Kier alpha value is 0.530. The normalized spacial score (nSPS) is 13.8. The van der Waals surface area contributed by atoms with Crippen LogP contribution in [0.5, 0.6) is 0 Å². The van der Waals surface area contributed by atoms with Gasteiger partial charge in [0.25, 0.3) is 0 Å². The van der Waals surface area contributed by atoms with Crippen molar-refractivity contribution in [3.8, 4) is 0 Å². The van der Waals surface area contributed by atoms with Gasteiger partial charge in [-0.15, -0.1) is 11.3 Å². The number of alkyl halides is 1. The Balaban J connectivity index is 2.85. The van der Waals surface area contributed by atoms with Gasteiger partial charge in [0.15, 0.2) is 0 Å². The van der Waals surface area contributed by atoms with Crippen molar-refractivity contribution < 1.29 is 13.2 Å². The Kier molecular flexibility index (Phi) is 6.77. The minimum atomic E-state index is -3.47. The molecule has 1 rings (SSSR count). The number of halogens is 2. The highest BCUT2D eigenvalue weighted by atomic mass is 79.9. The number of hydrogen-bond acceptors (Lipinski definition) is 4. The summed E-state index contributed by atoms with van der Waals surface area (Å²) in [5, 5.41) is 0.719. The van der Waals surface area contributed by atoms with E-state index < -0.39 is 10.0 Å². The second kappa shape index (κ2) is 7.35. The highest BCUT2D eigenvalue weighted by molar-refractivity contribution is 9.11. The molecule has 0 bridgehead atoms. The number of rotatable bonds is 7. The summed E-state index contributed by atoms with van der Waals surface area (Å²) in [6.45, 7) is 2.22. The first kappa shape index (κ1) is 16.6. The van der Waals surface area contributed by atoms with Crippen LogP contribution in [0.4, 0.5) is 0 Å². The second-order valence-electron chi connectivity index (χ2n) is 3.77. The molecule has 1 atom stereocenters. The van der Waals surface area contributed by atoms with Crippen molar-refractivity contribution in [2.75, 3.05) is 19.0 Å². The van der Waals surface area contributed by atoms with Crippen LogP contribution >= 0.6 is 43.2 Å². The molecule has 0 spiro atoms. The number of ether oxygens (including phenoxy) is 1. The average Bonchev–Trinajstić information content (AvgIpc) is 2.60. The number of methoxy groups -OCH3 is 1. The molecule has 4 nitrogen and oxygen atoms in total. The van der Waals surface area contributed by atoms with Gasteiger partial charge in [-0.3, -0.25) is 0 Å². The summed E-state index contributed by atoms with van der Waals surface area (Å²) in [6.07, 6.45) is 0.679. The van der Waals surface area contributed by atoms with Crippen LogP contribution in [0.3, 0.4) is 0 Å². The van der Waals surface area contributed by atoms with Crippen LogP contribution in [-0.4, -0.2) is 33.5 Å². The predicted octanol–water partition coefficient (Wildman–Crippen LogP) is 2.90. The van der Waals surface area contributed by atoms with Crippen molar-refractivity contribution in [2.45, 2.75) is 23.6 Å². The van der Waals surface area contributed by atoms with Crippen LogP contribution in [0, 0.1) is 6.92 Å². The van der Waals surface area contributed by atoms with E-state index in [1.54, 1.807) is 13.2 Å². The van der Waals surface area contributed by atoms with Crippen molar-refractivity contribution in [1.82, 2.24) is 4.72 Å². The topological polar surface area (TPSA) is 55.4 Å². The maximum absolute atomic E-state index is 12.2. The number of hydrogen-bond donors (Lipinski definition) is 1. The molecular weight excluding hydrogens is 406 g/mol. The van der Waals surface area contributed by atoms with Gasteiger partial charge >= 0.3 is 0 Å². The fourth-order valence-electron chi connectivity index (χ4n) is 1.35. The summed E-state index contributed by atoms with van der Waals surface area (Å²) >= 11 is 7.85. The highest BCUT2D eigenvalue weighted by Crippen LogP contribution is 2.30. The van der Waals surface area contributed by atoms with E-state index in [-0.39, 0.29) is 6.04 Å². The van der Waals surface area contributed by atoms with Gasteiger partial charge in [-0.05, 0) is 40.9 Å². The molecule has 1 aromatic rings. The molecule has 0 aliphatic heterocycles. The van der Waals surface area contributed by atoms with Crippen LogP contribution < -0.4 is 4.72 Å². The summed E-state index contributed by atoms with van der Waals surface area (Å²) in [6, 6.07) is 1.44. The van der Waals surface area contributed by atoms with E-state index in [9.17, 15) is 8.42 Å². The second-order valence-corrected chi connectivity index (χ2v) is 8.88. The molecule has 0 aromatic carbocycles. The predicted molar refractivity (Wildman–Crippen MR) is 81.2 cm³/mol. The summed E-state index contributed by atoms with van der Waals surface area (Å²) < 4.78 is 33.2. The third-order valence-corrected chi connectivity index (χ3v) is 6.84. The van der Waals surface area contributed by atoms with Crippen LogP contribution in [0.1, 0.15) is 12.0 Å². The molecule has 0 saturated heterocycles. The molecule has 104 valence electrons. The van der Waals surface area contributed by atoms with Crippen molar-refractivity contribution in [1.29, 1.82) is 0 Å². The third-order valence-electron chi connectivity index (χ3n) is 2.25. The summed E-state index contributed by atoms with van der Waals surface area (Å²) in [4.78, 5) is 0. The van der Waals surface area contributed by atoms with Crippen molar-refractivity contribution >= 4 is 53.2 Å². The molecule has 1 N–H and O–H groups in total. The summed E-state index contributed by atoms with van der Waals surface area (Å²) in [5.41, 5.74) is 0.921. The van der Waals surface area contributed by atoms with Gasteiger partial charge in [-0.1, -0.05) is 15.9 Å². The largest absolute Gasteiger partial charge is 0.383 e. The lowest BCUT2D eigenvalue weighted by Gasteiger charge is -2.16. The Morgan fingerprint density at radius 1 is 1.56 bits per heavy atom. The summed E-state index contributed by atoms with van der Waals surface area (Å²) in [7, 11) is -1.91. The Morgan fingerprint density at radius 2 is 2.22 bits per heavy atom. The molecule has 0 fully saturated rings. The summed E-state index contributed by atoms with van der Waals surface area (Å²) in [5.74, 6) is 0. The molecule has 0 amide bonds. The van der Waals surface area contributed by atoms with Gasteiger partial charge in [0.2, 0.25) is 10.0 Å². The number of nitrogens with one attached hydrogen (secondary N) is 1. The molecule has 0 radical (unpaired) electrons. The van der Waals surface area contributed by atoms with E-state index in [1.165, 1.54) is 11.3 Å². The van der Waals surface area contributed by atoms with Crippen molar-refractivity contribution in [3.63, 3.8) is 0 Å². The van der Waals surface area contributed by atoms with E-state index in [2.05, 4.69) is 36.6 Å². The number of thiophene rings is 1. The molecular formula is C10H15Br2NO3S2. The molecule has 1 unspecified atom stereocenters. The van der Waals surface area contributed by atoms with E-state index in [0.717, 1.165) is 14.7 Å². The first-order valence-electron chi connectivity index (χ1n) is 5.24. The van der Waals surface area contributed by atoms with E-state index in [0.29, 0.717) is 17.2 Å². The minimum Gasteiger partial charge on any atom is -0.383 e. The molecule has 1 aromatic heterocycles. The van der Waals surface area contributed by atoms with E-state index in [4.69, 9.17) is 4.74 Å². The quantitative estimate of drug-likeness (QED) is 0.690. The maximum atomic E-state index is 12.2. The zero-order chi connectivity index (χ0) is 13.8. The fourth-order valence-corrected chi connectivity index (χ4v) is 5.40. The smallest absolute Gasteiger partial charge is 0.250 e. The number of sulfonamides is 1. The highest BCUT2D eigenvalue weighted by Gasteiger charge is 2.22. The standard InChI is InChI=1S/C10H15Br2NO3S2/c1-7-5-9(17-10(7)12)18(14,15)13-8(3-4-11)6-16-2/h5,8,13H,3-4,6H2,1-2H3. The fraction of sp³-hybridized carbons (Fsp3) is 0.600. The Morgan fingerprint density at radius 3 is 2.67 bits per heavy atom. The van der Waals surface area contributed by atoms with Crippen LogP contribution in [0.15, 0.2) is 14.1 Å². The monoisotopic (exact) mass is 419 g/mol. The molecule has 0 aliphatic carbocycles. The van der Waals surface area contributed by atoms with Gasteiger partial charge in [0.05, 0.1) is 10.4 Å².